The van der Waals surface area contributed by atoms with Gasteiger partial charge >= 0.3 is 24.3 Å². The Bertz CT molecular complexity index is 1220. The number of nitrogens with zero attached hydrogens (tertiary/aromatic N) is 3. The number of carbonyl (C=O) groups is 3. The van der Waals surface area contributed by atoms with Crippen LogP contribution in [-0.2, 0) is 29.0 Å². The fraction of sp³-hybridized carbons (Fsp3) is 0.538. The lowest BCUT2D eigenvalue weighted by Crippen LogP contribution is -2.25. The number of anilines is 1. The van der Waals surface area contributed by atoms with Crippen molar-refractivity contribution in [3.8, 4) is 0 Å². The molecule has 0 unspecified atom stereocenters. The van der Waals surface area contributed by atoms with Crippen LogP contribution < -0.4 is 5.32 Å². The fourth-order valence-electron chi connectivity index (χ4n) is 3.73. The molecule has 1 fully saturated rings. The monoisotopic (exact) mass is 610 g/mol. The summed E-state index contributed by atoms with van der Waals surface area (Å²) in [5.74, 6) is -2.06. The van der Waals surface area contributed by atoms with Crippen LogP contribution in [0.2, 0.25) is 0 Å². The molecule has 0 spiro atoms. The number of amides is 1. The molecule has 3 N–H and O–H groups in total. The van der Waals surface area contributed by atoms with Gasteiger partial charge in [0.25, 0.3) is 5.91 Å². The molecule has 2 aromatic rings. The number of furan rings is 1. The van der Waals surface area contributed by atoms with Crippen molar-refractivity contribution >= 4 is 23.7 Å². The first kappa shape index (κ1) is 34.4. The van der Waals surface area contributed by atoms with Gasteiger partial charge in [0.1, 0.15) is 17.3 Å². The van der Waals surface area contributed by atoms with E-state index in [9.17, 15) is 31.1 Å². The third-order valence-corrected chi connectivity index (χ3v) is 6.11. The van der Waals surface area contributed by atoms with E-state index in [-0.39, 0.29) is 5.91 Å². The minimum atomic E-state index is -5.08. The quantitative estimate of drug-likeness (QED) is 0.408. The second-order valence-electron chi connectivity index (χ2n) is 9.91. The Morgan fingerprint density at radius 3 is 2.02 bits per heavy atom. The summed E-state index contributed by atoms with van der Waals surface area (Å²) in [5, 5.41) is 17.7. The van der Waals surface area contributed by atoms with E-state index >= 15 is 0 Å². The number of fused-ring (bicyclic) bond motifs is 1. The maximum absolute atomic E-state index is 12.7. The molecule has 0 atom stereocenters. The van der Waals surface area contributed by atoms with Crippen LogP contribution in [0.4, 0.5) is 32.2 Å². The van der Waals surface area contributed by atoms with Crippen molar-refractivity contribution in [2.24, 2.45) is 5.92 Å². The molecule has 10 nitrogen and oxygen atoms in total. The highest BCUT2D eigenvalue weighted by atomic mass is 19.4. The average Bonchev–Trinajstić information content (AvgIpc) is 3.65. The van der Waals surface area contributed by atoms with Gasteiger partial charge in [0.05, 0.1) is 12.1 Å². The van der Waals surface area contributed by atoms with Gasteiger partial charge in [0, 0.05) is 45.8 Å². The predicted molar refractivity (Wildman–Crippen MR) is 137 cm³/mol. The molecule has 2 aliphatic rings. The zero-order valence-corrected chi connectivity index (χ0v) is 23.1. The Balaban J connectivity index is 0.000000367. The number of hydrogen-bond acceptors (Lipinski definition) is 7. The number of carboxylic acid groups (broad SMARTS) is 2. The zero-order chi connectivity index (χ0) is 31.8. The number of carbonyl (C=O) groups excluding carboxylic acids is 1. The maximum Gasteiger partial charge on any atom is 0.490 e. The Labute approximate surface area is 237 Å². The average molecular weight is 611 g/mol. The van der Waals surface area contributed by atoms with Gasteiger partial charge < -0.3 is 24.8 Å². The highest BCUT2D eigenvalue weighted by Gasteiger charge is 2.39. The highest BCUT2D eigenvalue weighted by molar-refractivity contribution is 5.98. The standard InChI is InChI=1S/C22H30N4O2.2C2HF3O2/c1-15-4-7-18(28-15)14-26-10-8-17-12-19(22(27)25(2)3)21(23-13-16-5-6-16)24-20(17)9-11-26;2*3-2(4,5)1(6)7/h4,7,12,16H,5-6,8-11,13-14H2,1-3H3,(H,23,24);2*(H,6,7). The molecular weight excluding hydrogens is 578 g/mol. The third kappa shape index (κ3) is 11.2. The van der Waals surface area contributed by atoms with Gasteiger partial charge in [-0.05, 0) is 55.9 Å². The van der Waals surface area contributed by atoms with Crippen molar-refractivity contribution in [1.29, 1.82) is 0 Å². The Morgan fingerprint density at radius 2 is 1.57 bits per heavy atom. The van der Waals surface area contributed by atoms with Crippen molar-refractivity contribution in [3.63, 3.8) is 0 Å². The minimum Gasteiger partial charge on any atom is -0.475 e. The number of halogens is 6. The Kier molecular flexibility index (Phi) is 11.8. The molecule has 0 saturated heterocycles. The summed E-state index contributed by atoms with van der Waals surface area (Å²) < 4.78 is 69.2. The molecule has 16 heteroatoms. The molecular formula is C26H32F6N4O6. The lowest BCUT2D eigenvalue weighted by Gasteiger charge is -2.17. The van der Waals surface area contributed by atoms with Gasteiger partial charge in [-0.1, -0.05) is 0 Å². The SMILES string of the molecule is Cc1ccc(CN2CCc3cc(C(=O)N(C)C)c(NCC4CC4)nc3CC2)o1.O=C(O)C(F)(F)F.O=C(O)C(F)(F)F. The number of nitrogens with one attached hydrogen (secondary N) is 1. The number of hydrogen-bond donors (Lipinski definition) is 3. The first-order valence-corrected chi connectivity index (χ1v) is 12.7. The smallest absolute Gasteiger partial charge is 0.475 e. The maximum atomic E-state index is 12.7. The number of aryl methyl sites for hydroxylation is 1. The van der Waals surface area contributed by atoms with Crippen molar-refractivity contribution in [2.45, 2.75) is 51.5 Å². The minimum absolute atomic E-state index is 0.0146. The van der Waals surface area contributed by atoms with Crippen LogP contribution in [0.25, 0.3) is 0 Å². The normalized spacial score (nSPS) is 15.2. The van der Waals surface area contributed by atoms with Gasteiger partial charge in [-0.3, -0.25) is 9.69 Å². The van der Waals surface area contributed by atoms with E-state index in [4.69, 9.17) is 29.2 Å². The molecule has 0 bridgehead atoms. The van der Waals surface area contributed by atoms with Crippen LogP contribution >= 0.6 is 0 Å². The molecule has 234 valence electrons. The number of alkyl halides is 6. The lowest BCUT2D eigenvalue weighted by molar-refractivity contribution is -0.193. The number of pyridine rings is 1. The van der Waals surface area contributed by atoms with Crippen LogP contribution in [0.1, 0.15) is 46.0 Å². The largest absolute Gasteiger partial charge is 0.490 e. The van der Waals surface area contributed by atoms with Crippen LogP contribution in [0.15, 0.2) is 22.6 Å². The molecule has 0 radical (unpaired) electrons. The number of aliphatic carboxylic acids is 2. The summed E-state index contributed by atoms with van der Waals surface area (Å²) in [6.45, 7) is 5.59. The molecule has 2 aromatic heterocycles. The second-order valence-corrected chi connectivity index (χ2v) is 9.91. The Morgan fingerprint density at radius 1 is 1.02 bits per heavy atom. The third-order valence-electron chi connectivity index (χ3n) is 6.11. The van der Waals surface area contributed by atoms with E-state index in [1.807, 2.05) is 13.0 Å². The summed E-state index contributed by atoms with van der Waals surface area (Å²) in [4.78, 5) is 39.5. The molecule has 1 amide bonds. The number of carboxylic acids is 2. The summed E-state index contributed by atoms with van der Waals surface area (Å²) in [6, 6.07) is 6.14. The van der Waals surface area contributed by atoms with Gasteiger partial charge in [0.15, 0.2) is 0 Å². The number of aromatic nitrogens is 1. The summed E-state index contributed by atoms with van der Waals surface area (Å²) >= 11 is 0. The van der Waals surface area contributed by atoms with Crippen LogP contribution in [0.5, 0.6) is 0 Å². The van der Waals surface area contributed by atoms with Gasteiger partial charge in [0.2, 0.25) is 0 Å². The summed E-state index contributed by atoms with van der Waals surface area (Å²) in [6.07, 6.45) is -5.82. The molecule has 4 rings (SSSR count). The first-order chi connectivity index (χ1) is 19.4. The van der Waals surface area contributed by atoms with E-state index < -0.39 is 24.3 Å². The zero-order valence-electron chi connectivity index (χ0n) is 23.1. The Hall–Kier alpha value is -3.82. The summed E-state index contributed by atoms with van der Waals surface area (Å²) in [5.41, 5.74) is 3.01. The predicted octanol–water partition coefficient (Wildman–Crippen LogP) is 4.37. The molecule has 0 aromatic carbocycles. The second kappa shape index (κ2) is 14.4. The lowest BCUT2D eigenvalue weighted by atomic mass is 10.0. The van der Waals surface area contributed by atoms with E-state index in [2.05, 4.69) is 22.3 Å². The van der Waals surface area contributed by atoms with Crippen molar-refractivity contribution in [2.75, 3.05) is 39.0 Å². The van der Waals surface area contributed by atoms with Crippen LogP contribution in [0.3, 0.4) is 0 Å². The topological polar surface area (TPSA) is 136 Å². The van der Waals surface area contributed by atoms with Crippen LogP contribution in [-0.4, -0.2) is 88.9 Å². The first-order valence-electron chi connectivity index (χ1n) is 12.7. The molecule has 42 heavy (non-hydrogen) atoms. The van der Waals surface area contributed by atoms with Crippen molar-refractivity contribution in [3.05, 3.63) is 46.5 Å². The molecule has 1 saturated carbocycles. The molecule has 3 heterocycles. The highest BCUT2D eigenvalue weighted by Crippen LogP contribution is 2.30. The summed E-state index contributed by atoms with van der Waals surface area (Å²) in [7, 11) is 3.59. The van der Waals surface area contributed by atoms with E-state index in [1.54, 1.807) is 19.0 Å². The van der Waals surface area contributed by atoms with Crippen LogP contribution in [0, 0.1) is 12.8 Å². The van der Waals surface area contributed by atoms with Crippen molar-refractivity contribution in [1.82, 2.24) is 14.8 Å². The van der Waals surface area contributed by atoms with E-state index in [0.29, 0.717) is 5.56 Å². The molecule has 1 aliphatic heterocycles. The number of rotatable bonds is 6. The van der Waals surface area contributed by atoms with E-state index in [0.717, 1.165) is 68.0 Å². The van der Waals surface area contributed by atoms with Crippen molar-refractivity contribution < 1.29 is 55.4 Å². The van der Waals surface area contributed by atoms with E-state index in [1.165, 1.54) is 18.4 Å². The van der Waals surface area contributed by atoms with Gasteiger partial charge in [-0.25, -0.2) is 14.6 Å². The van der Waals surface area contributed by atoms with Gasteiger partial charge in [-0.15, -0.1) is 0 Å². The van der Waals surface area contributed by atoms with Gasteiger partial charge in [-0.2, -0.15) is 26.3 Å². The molecule has 1 aliphatic carbocycles. The fourth-order valence-corrected chi connectivity index (χ4v) is 3.73.